The zero-order valence-electron chi connectivity index (χ0n) is 9.08. The second-order valence-electron chi connectivity index (χ2n) is 3.66. The second kappa shape index (κ2) is 4.18. The van der Waals surface area contributed by atoms with E-state index in [-0.39, 0.29) is 11.6 Å². The predicted octanol–water partition coefficient (Wildman–Crippen LogP) is 4.07. The lowest BCUT2D eigenvalue weighted by Gasteiger charge is -2.00. The summed E-state index contributed by atoms with van der Waals surface area (Å²) in [5.41, 5.74) is 1.51. The lowest BCUT2D eigenvalue weighted by molar-refractivity contribution is 0.102. The summed E-state index contributed by atoms with van der Waals surface area (Å²) < 4.78 is 13.6. The fraction of sp³-hybridized carbons (Fsp3) is 0.154. The normalized spacial score (nSPS) is 10.4. The number of rotatable bonds is 2. The molecule has 0 N–H and O–H groups in total. The van der Waals surface area contributed by atoms with Crippen LogP contribution in [0.5, 0.6) is 0 Å². The van der Waals surface area contributed by atoms with Gasteiger partial charge in [-0.15, -0.1) is 11.3 Å². The average molecular weight is 234 g/mol. The molecule has 0 bridgehead atoms. The first kappa shape index (κ1) is 11.0. The van der Waals surface area contributed by atoms with Crippen molar-refractivity contribution in [2.24, 2.45) is 0 Å². The minimum atomic E-state index is -0.248. The lowest BCUT2D eigenvalue weighted by Crippen LogP contribution is -1.83. The largest absolute Gasteiger partial charge is 0.294 e. The van der Waals surface area contributed by atoms with Crippen LogP contribution >= 0.6 is 11.3 Å². The Hall–Kier alpha value is -1.48. The monoisotopic (exact) mass is 234 g/mol. The van der Waals surface area contributed by atoms with E-state index in [1.54, 1.807) is 18.2 Å². The van der Waals surface area contributed by atoms with Gasteiger partial charge in [0.15, 0.2) is 5.78 Å². The van der Waals surface area contributed by atoms with Crippen LogP contribution in [-0.4, -0.2) is 5.78 Å². The molecule has 0 aliphatic carbocycles. The van der Waals surface area contributed by atoms with Crippen molar-refractivity contribution in [3.8, 4) is 10.4 Å². The van der Waals surface area contributed by atoms with Gasteiger partial charge in [-0.2, -0.15) is 0 Å². The molecule has 1 aromatic carbocycles. The smallest absolute Gasteiger partial charge is 0.169 e. The average Bonchev–Trinajstić information content (AvgIpc) is 2.61. The fourth-order valence-corrected chi connectivity index (χ4v) is 2.66. The number of benzene rings is 1. The van der Waals surface area contributed by atoms with Crippen molar-refractivity contribution in [2.45, 2.75) is 13.8 Å². The van der Waals surface area contributed by atoms with Gasteiger partial charge in [-0.3, -0.25) is 4.79 Å². The summed E-state index contributed by atoms with van der Waals surface area (Å²) in [7, 11) is 0. The molecule has 0 aliphatic heterocycles. The highest BCUT2D eigenvalue weighted by Crippen LogP contribution is 2.33. The Labute approximate surface area is 97.6 Å². The Bertz CT molecular complexity index is 543. The molecule has 0 fully saturated rings. The second-order valence-corrected chi connectivity index (χ2v) is 4.71. The van der Waals surface area contributed by atoms with Crippen molar-refractivity contribution in [3.05, 3.63) is 46.6 Å². The molecule has 3 heteroatoms. The van der Waals surface area contributed by atoms with Crippen LogP contribution in [0.15, 0.2) is 30.3 Å². The summed E-state index contributed by atoms with van der Waals surface area (Å²) in [5.74, 6) is -0.224. The van der Waals surface area contributed by atoms with Gasteiger partial charge in [-0.25, -0.2) is 4.39 Å². The van der Waals surface area contributed by atoms with Crippen molar-refractivity contribution in [3.63, 3.8) is 0 Å². The quantitative estimate of drug-likeness (QED) is 0.716. The molecule has 0 radical (unpaired) electrons. The van der Waals surface area contributed by atoms with Crippen molar-refractivity contribution in [1.82, 2.24) is 0 Å². The molecule has 1 nitrogen and oxygen atoms in total. The predicted molar refractivity (Wildman–Crippen MR) is 64.5 cm³/mol. The molecule has 0 atom stereocenters. The van der Waals surface area contributed by atoms with Crippen LogP contribution in [0.3, 0.4) is 0 Å². The molecule has 1 heterocycles. The van der Waals surface area contributed by atoms with Crippen LogP contribution in [0.2, 0.25) is 0 Å². The van der Waals surface area contributed by atoms with E-state index in [1.807, 2.05) is 13.0 Å². The molecule has 0 unspecified atom stereocenters. The number of halogens is 1. The van der Waals surface area contributed by atoms with Gasteiger partial charge in [0.2, 0.25) is 0 Å². The summed E-state index contributed by atoms with van der Waals surface area (Å²) in [6.45, 7) is 3.42. The number of hydrogen-bond acceptors (Lipinski definition) is 2. The van der Waals surface area contributed by atoms with Crippen molar-refractivity contribution in [1.29, 1.82) is 0 Å². The summed E-state index contributed by atoms with van der Waals surface area (Å²) >= 11 is 1.35. The van der Waals surface area contributed by atoms with E-state index in [0.29, 0.717) is 10.4 Å². The molecule has 0 saturated carbocycles. The molecule has 0 saturated heterocycles. The standard InChI is InChI=1S/C13H11FOS/c1-8-7-12(9(2)15)16-13(8)10-5-3-4-6-11(10)14/h3-7H,1-2H3. The Balaban J connectivity index is 2.57. The Morgan fingerprint density at radius 1 is 1.31 bits per heavy atom. The molecule has 0 amide bonds. The van der Waals surface area contributed by atoms with Crippen molar-refractivity contribution >= 4 is 17.1 Å². The highest BCUT2D eigenvalue weighted by Gasteiger charge is 2.13. The summed E-state index contributed by atoms with van der Waals surface area (Å²) in [6.07, 6.45) is 0. The first-order valence-corrected chi connectivity index (χ1v) is 5.77. The maximum absolute atomic E-state index is 13.6. The molecule has 2 aromatic rings. The molecular formula is C13H11FOS. The third-order valence-corrected chi connectivity index (χ3v) is 3.75. The van der Waals surface area contributed by atoms with Gasteiger partial charge in [0, 0.05) is 10.4 Å². The first-order valence-electron chi connectivity index (χ1n) is 4.96. The highest BCUT2D eigenvalue weighted by molar-refractivity contribution is 7.17. The maximum atomic E-state index is 13.6. The first-order chi connectivity index (χ1) is 7.59. The van der Waals surface area contributed by atoms with Crippen LogP contribution in [0.1, 0.15) is 22.2 Å². The summed E-state index contributed by atoms with van der Waals surface area (Å²) in [5, 5.41) is 0. The lowest BCUT2D eigenvalue weighted by atomic mass is 10.1. The third-order valence-electron chi connectivity index (χ3n) is 2.38. The Morgan fingerprint density at radius 2 is 2.00 bits per heavy atom. The number of ketones is 1. The van der Waals surface area contributed by atoms with E-state index in [4.69, 9.17) is 0 Å². The fourth-order valence-electron chi connectivity index (χ4n) is 1.57. The molecule has 0 spiro atoms. The van der Waals surface area contributed by atoms with Crippen LogP contribution in [0, 0.1) is 12.7 Å². The van der Waals surface area contributed by atoms with E-state index >= 15 is 0 Å². The van der Waals surface area contributed by atoms with Gasteiger partial charge >= 0.3 is 0 Å². The number of Topliss-reactive ketones (excluding diaryl/α,β-unsaturated/α-hetero) is 1. The maximum Gasteiger partial charge on any atom is 0.169 e. The van der Waals surface area contributed by atoms with E-state index in [2.05, 4.69) is 0 Å². The van der Waals surface area contributed by atoms with Crippen LogP contribution < -0.4 is 0 Å². The zero-order valence-corrected chi connectivity index (χ0v) is 9.90. The van der Waals surface area contributed by atoms with Gasteiger partial charge in [-0.05, 0) is 31.5 Å². The molecule has 0 aliphatic rings. The number of hydrogen-bond donors (Lipinski definition) is 0. The number of carbonyl (C=O) groups excluding carboxylic acids is 1. The third kappa shape index (κ3) is 1.91. The summed E-state index contributed by atoms with van der Waals surface area (Å²) in [6, 6.07) is 8.44. The van der Waals surface area contributed by atoms with Gasteiger partial charge in [0.1, 0.15) is 5.82 Å². The van der Waals surface area contributed by atoms with E-state index in [0.717, 1.165) is 10.4 Å². The van der Waals surface area contributed by atoms with Gasteiger partial charge in [0.25, 0.3) is 0 Å². The minimum absolute atomic E-state index is 0.0238. The number of aryl methyl sites for hydroxylation is 1. The van der Waals surface area contributed by atoms with E-state index in [1.165, 1.54) is 24.3 Å². The summed E-state index contributed by atoms with van der Waals surface area (Å²) in [4.78, 5) is 12.8. The SMILES string of the molecule is CC(=O)c1cc(C)c(-c2ccccc2F)s1. The van der Waals surface area contributed by atoms with Gasteiger partial charge in [0.05, 0.1) is 4.88 Å². The van der Waals surface area contributed by atoms with Crippen molar-refractivity contribution < 1.29 is 9.18 Å². The van der Waals surface area contributed by atoms with Crippen molar-refractivity contribution in [2.75, 3.05) is 0 Å². The molecule has 16 heavy (non-hydrogen) atoms. The molecular weight excluding hydrogens is 223 g/mol. The topological polar surface area (TPSA) is 17.1 Å². The Morgan fingerprint density at radius 3 is 2.56 bits per heavy atom. The van der Waals surface area contributed by atoms with Gasteiger partial charge < -0.3 is 0 Å². The number of carbonyl (C=O) groups is 1. The van der Waals surface area contributed by atoms with Crippen LogP contribution in [0.25, 0.3) is 10.4 Å². The molecule has 1 aromatic heterocycles. The Kier molecular flexibility index (Phi) is 2.88. The minimum Gasteiger partial charge on any atom is -0.294 e. The highest BCUT2D eigenvalue weighted by atomic mass is 32.1. The zero-order chi connectivity index (χ0) is 11.7. The number of thiophene rings is 1. The van der Waals surface area contributed by atoms with E-state index in [9.17, 15) is 9.18 Å². The van der Waals surface area contributed by atoms with Crippen LogP contribution in [0.4, 0.5) is 4.39 Å². The van der Waals surface area contributed by atoms with Gasteiger partial charge in [-0.1, -0.05) is 18.2 Å². The van der Waals surface area contributed by atoms with Crippen LogP contribution in [-0.2, 0) is 0 Å². The molecule has 82 valence electrons. The van der Waals surface area contributed by atoms with E-state index < -0.39 is 0 Å². The molecule has 2 rings (SSSR count).